The maximum Gasteiger partial charge on any atom is 0.270 e. The molecule has 1 amide bonds. The van der Waals surface area contributed by atoms with Crippen LogP contribution in [-0.4, -0.2) is 62.6 Å². The lowest BCUT2D eigenvalue weighted by Crippen LogP contribution is -2.48. The fraction of sp³-hybridized carbons (Fsp3) is 0.520. The standard InChI is InChI=1S/C25H29N5O3S/c1-14-20-16(6-4-7-17(20)31)26-22(14)25(33)30-11-9-29(10-12-30)13-19-27-23(32)21-15-5-2-3-8-18(15)34-24(21)28-19/h26H,2-13H2,1H3,(H,27,28,32). The molecule has 1 fully saturated rings. The van der Waals surface area contributed by atoms with E-state index in [1.807, 2.05) is 11.8 Å². The van der Waals surface area contributed by atoms with Crippen LogP contribution in [0.5, 0.6) is 0 Å². The molecule has 0 bridgehead atoms. The van der Waals surface area contributed by atoms with Gasteiger partial charge >= 0.3 is 0 Å². The number of carbonyl (C=O) groups excluding carboxylic acids is 2. The quantitative estimate of drug-likeness (QED) is 0.601. The van der Waals surface area contributed by atoms with Gasteiger partial charge in [-0.25, -0.2) is 4.98 Å². The van der Waals surface area contributed by atoms with Crippen LogP contribution in [0.1, 0.15) is 74.1 Å². The van der Waals surface area contributed by atoms with Gasteiger partial charge in [0.05, 0.1) is 11.9 Å². The highest BCUT2D eigenvalue weighted by Gasteiger charge is 2.30. The summed E-state index contributed by atoms with van der Waals surface area (Å²) in [6.45, 7) is 5.09. The minimum Gasteiger partial charge on any atom is -0.354 e. The van der Waals surface area contributed by atoms with Crippen LogP contribution in [-0.2, 0) is 25.8 Å². The second-order valence-electron chi connectivity index (χ2n) is 9.73. The molecule has 0 saturated carbocycles. The minimum absolute atomic E-state index is 0.0195. The Morgan fingerprint density at radius 1 is 1.00 bits per heavy atom. The number of aryl methyl sites for hydroxylation is 3. The van der Waals surface area contributed by atoms with Gasteiger partial charge in [0.25, 0.3) is 11.5 Å². The normalized spacial score (nSPS) is 18.9. The largest absolute Gasteiger partial charge is 0.354 e. The van der Waals surface area contributed by atoms with Crippen molar-refractivity contribution in [2.24, 2.45) is 0 Å². The molecule has 34 heavy (non-hydrogen) atoms. The summed E-state index contributed by atoms with van der Waals surface area (Å²) in [4.78, 5) is 55.7. The van der Waals surface area contributed by atoms with E-state index in [0.717, 1.165) is 59.1 Å². The van der Waals surface area contributed by atoms with Crippen molar-refractivity contribution in [3.63, 3.8) is 0 Å². The summed E-state index contributed by atoms with van der Waals surface area (Å²) in [5.41, 5.74) is 4.19. The highest BCUT2D eigenvalue weighted by molar-refractivity contribution is 7.18. The lowest BCUT2D eigenvalue weighted by molar-refractivity contribution is 0.0619. The third-order valence-corrected chi connectivity index (χ3v) is 8.74. The van der Waals surface area contributed by atoms with Gasteiger partial charge in [0, 0.05) is 48.7 Å². The smallest absolute Gasteiger partial charge is 0.270 e. The molecule has 8 nitrogen and oxygen atoms in total. The van der Waals surface area contributed by atoms with E-state index < -0.39 is 0 Å². The number of nitrogens with zero attached hydrogens (tertiary/aromatic N) is 3. The average Bonchev–Trinajstić information content (AvgIpc) is 3.37. The van der Waals surface area contributed by atoms with E-state index in [9.17, 15) is 14.4 Å². The van der Waals surface area contributed by atoms with E-state index in [4.69, 9.17) is 4.98 Å². The predicted octanol–water partition coefficient (Wildman–Crippen LogP) is 2.98. The Labute approximate surface area is 201 Å². The Hall–Kier alpha value is -2.78. The summed E-state index contributed by atoms with van der Waals surface area (Å²) in [5, 5.41) is 0.793. The van der Waals surface area contributed by atoms with Crippen LogP contribution >= 0.6 is 11.3 Å². The molecular weight excluding hydrogens is 450 g/mol. The fourth-order valence-corrected chi connectivity index (χ4v) is 7.03. The van der Waals surface area contributed by atoms with Crippen molar-refractivity contribution in [1.29, 1.82) is 0 Å². The summed E-state index contributed by atoms with van der Waals surface area (Å²) in [6, 6.07) is 0. The lowest BCUT2D eigenvalue weighted by Gasteiger charge is -2.34. The molecule has 0 radical (unpaired) electrons. The van der Waals surface area contributed by atoms with Crippen LogP contribution in [0.3, 0.4) is 0 Å². The Morgan fingerprint density at radius 3 is 2.59 bits per heavy atom. The summed E-state index contributed by atoms with van der Waals surface area (Å²) in [6.07, 6.45) is 6.60. The molecule has 3 aromatic heterocycles. The number of fused-ring (bicyclic) bond motifs is 4. The number of hydrogen-bond donors (Lipinski definition) is 2. The van der Waals surface area contributed by atoms with Crippen molar-refractivity contribution in [3.05, 3.63) is 49.1 Å². The third kappa shape index (κ3) is 3.62. The number of aromatic nitrogens is 3. The van der Waals surface area contributed by atoms with Gasteiger partial charge in [-0.05, 0) is 56.6 Å². The van der Waals surface area contributed by atoms with Crippen molar-refractivity contribution < 1.29 is 9.59 Å². The van der Waals surface area contributed by atoms with Gasteiger partial charge in [-0.15, -0.1) is 11.3 Å². The molecule has 6 rings (SSSR count). The first kappa shape index (κ1) is 21.7. The number of thiophene rings is 1. The second-order valence-corrected chi connectivity index (χ2v) is 10.8. The number of nitrogens with one attached hydrogen (secondary N) is 2. The Balaban J connectivity index is 1.14. The summed E-state index contributed by atoms with van der Waals surface area (Å²) in [5.74, 6) is 0.808. The van der Waals surface area contributed by atoms with E-state index >= 15 is 0 Å². The van der Waals surface area contributed by atoms with Gasteiger partial charge in [-0.2, -0.15) is 0 Å². The number of Topliss-reactive ketones (excluding diaryl/α,β-unsaturated/α-hetero) is 1. The van der Waals surface area contributed by atoms with Gasteiger partial charge < -0.3 is 14.9 Å². The maximum absolute atomic E-state index is 13.2. The van der Waals surface area contributed by atoms with Gasteiger partial charge in [0.1, 0.15) is 16.3 Å². The van der Waals surface area contributed by atoms with Crippen molar-refractivity contribution in [3.8, 4) is 0 Å². The second kappa shape index (κ2) is 8.46. The molecule has 2 N–H and O–H groups in total. The zero-order valence-corrected chi connectivity index (χ0v) is 20.3. The number of hydrogen-bond acceptors (Lipinski definition) is 6. The topological polar surface area (TPSA) is 102 Å². The van der Waals surface area contributed by atoms with Crippen molar-refractivity contribution in [2.45, 2.75) is 58.4 Å². The van der Waals surface area contributed by atoms with Crippen LogP contribution in [0.2, 0.25) is 0 Å². The summed E-state index contributed by atoms with van der Waals surface area (Å²) < 4.78 is 0. The van der Waals surface area contributed by atoms with Gasteiger partial charge in [0.15, 0.2) is 5.78 Å². The number of aromatic amines is 2. The molecule has 0 spiro atoms. The number of H-pyrrole nitrogens is 2. The molecule has 9 heteroatoms. The first-order valence-electron chi connectivity index (χ1n) is 12.3. The van der Waals surface area contributed by atoms with Crippen molar-refractivity contribution in [1.82, 2.24) is 24.8 Å². The van der Waals surface area contributed by atoms with E-state index in [1.165, 1.54) is 16.9 Å². The fourth-order valence-electron chi connectivity index (χ4n) is 5.75. The van der Waals surface area contributed by atoms with Crippen molar-refractivity contribution in [2.75, 3.05) is 26.2 Å². The summed E-state index contributed by atoms with van der Waals surface area (Å²) in [7, 11) is 0. The van der Waals surface area contributed by atoms with E-state index in [2.05, 4.69) is 14.9 Å². The molecular formula is C25H29N5O3S. The van der Waals surface area contributed by atoms with E-state index in [0.29, 0.717) is 50.7 Å². The predicted molar refractivity (Wildman–Crippen MR) is 131 cm³/mol. The lowest BCUT2D eigenvalue weighted by atomic mass is 9.93. The van der Waals surface area contributed by atoms with Crippen LogP contribution < -0.4 is 5.56 Å². The number of carbonyl (C=O) groups is 2. The highest BCUT2D eigenvalue weighted by atomic mass is 32.1. The Bertz CT molecular complexity index is 1360. The summed E-state index contributed by atoms with van der Waals surface area (Å²) >= 11 is 1.67. The number of amides is 1. The monoisotopic (exact) mass is 479 g/mol. The zero-order valence-electron chi connectivity index (χ0n) is 19.5. The van der Waals surface area contributed by atoms with Crippen LogP contribution in [0, 0.1) is 6.92 Å². The molecule has 3 aliphatic rings. The third-order valence-electron chi connectivity index (χ3n) is 7.56. The SMILES string of the molecule is Cc1c(C(=O)N2CCN(Cc3nc4sc5c(c4c(=O)[nH]3)CCCC5)CC2)[nH]c2c1C(=O)CCC2. The molecule has 178 valence electrons. The Kier molecular flexibility index (Phi) is 5.41. The molecule has 0 aromatic carbocycles. The van der Waals surface area contributed by atoms with Gasteiger partial charge in [-0.3, -0.25) is 19.3 Å². The first-order valence-corrected chi connectivity index (χ1v) is 13.1. The molecule has 0 unspecified atom stereocenters. The van der Waals surface area contributed by atoms with Crippen molar-refractivity contribution >= 4 is 33.2 Å². The molecule has 1 saturated heterocycles. The number of piperazine rings is 1. The molecule has 3 aromatic rings. The van der Waals surface area contributed by atoms with E-state index in [1.54, 1.807) is 11.3 Å². The van der Waals surface area contributed by atoms with Gasteiger partial charge in [-0.1, -0.05) is 0 Å². The molecule has 2 aliphatic carbocycles. The van der Waals surface area contributed by atoms with Crippen LogP contribution in [0.4, 0.5) is 0 Å². The Morgan fingerprint density at radius 2 is 1.79 bits per heavy atom. The number of rotatable bonds is 3. The minimum atomic E-state index is -0.0310. The maximum atomic E-state index is 13.2. The van der Waals surface area contributed by atoms with Gasteiger partial charge in [0.2, 0.25) is 0 Å². The average molecular weight is 480 g/mol. The number of ketones is 1. The first-order chi connectivity index (χ1) is 16.5. The van der Waals surface area contributed by atoms with E-state index in [-0.39, 0.29) is 17.2 Å². The van der Waals surface area contributed by atoms with Crippen LogP contribution in [0.25, 0.3) is 10.2 Å². The van der Waals surface area contributed by atoms with Crippen LogP contribution in [0.15, 0.2) is 4.79 Å². The molecule has 4 heterocycles. The zero-order chi connectivity index (χ0) is 23.4. The highest BCUT2D eigenvalue weighted by Crippen LogP contribution is 2.33. The molecule has 1 aliphatic heterocycles. The molecule has 0 atom stereocenters.